The van der Waals surface area contributed by atoms with Crippen LogP contribution >= 0.6 is 0 Å². The molecule has 6 nitrogen and oxygen atoms in total. The van der Waals surface area contributed by atoms with E-state index in [1.54, 1.807) is 6.20 Å². The van der Waals surface area contributed by atoms with Crippen molar-refractivity contribution in [1.82, 2.24) is 15.2 Å². The Morgan fingerprint density at radius 3 is 2.58 bits per heavy atom. The van der Waals surface area contributed by atoms with Crippen LogP contribution < -0.4 is 9.80 Å². The Balaban J connectivity index is 1.72. The molecule has 0 unspecified atom stereocenters. The Morgan fingerprint density at radius 1 is 1.11 bits per heavy atom. The van der Waals surface area contributed by atoms with Gasteiger partial charge in [-0.25, -0.2) is 0 Å². The number of ether oxygens (including phenoxy) is 1. The number of aromatic nitrogens is 3. The molecule has 0 atom stereocenters. The van der Waals surface area contributed by atoms with E-state index < -0.39 is 0 Å². The predicted octanol–water partition coefficient (Wildman–Crippen LogP) is 0.944. The molecule has 0 saturated carbocycles. The fourth-order valence-corrected chi connectivity index (χ4v) is 2.57. The minimum atomic E-state index is 0.736. The van der Waals surface area contributed by atoms with Crippen molar-refractivity contribution in [2.24, 2.45) is 5.92 Å². The first-order valence-corrected chi connectivity index (χ1v) is 7.10. The van der Waals surface area contributed by atoms with Gasteiger partial charge in [-0.2, -0.15) is 10.1 Å². The molecular weight excluding hydrogens is 242 g/mol. The van der Waals surface area contributed by atoms with Gasteiger partial charge in [0.15, 0.2) is 5.82 Å². The molecule has 3 heterocycles. The zero-order valence-corrected chi connectivity index (χ0v) is 11.5. The lowest BCUT2D eigenvalue weighted by Crippen LogP contribution is -2.38. The highest BCUT2D eigenvalue weighted by molar-refractivity contribution is 5.42. The van der Waals surface area contributed by atoms with Crippen LogP contribution in [0.3, 0.4) is 0 Å². The van der Waals surface area contributed by atoms with Crippen molar-refractivity contribution in [3.63, 3.8) is 0 Å². The van der Waals surface area contributed by atoms with Crippen molar-refractivity contribution in [2.75, 3.05) is 49.2 Å². The summed E-state index contributed by atoms with van der Waals surface area (Å²) in [7, 11) is 0. The lowest BCUT2D eigenvalue weighted by Gasteiger charge is -2.32. The maximum absolute atomic E-state index is 5.35. The Labute approximate surface area is 113 Å². The van der Waals surface area contributed by atoms with Crippen molar-refractivity contribution in [1.29, 1.82) is 0 Å². The van der Waals surface area contributed by atoms with Crippen LogP contribution in [0, 0.1) is 5.92 Å². The van der Waals surface area contributed by atoms with E-state index in [9.17, 15) is 0 Å². The van der Waals surface area contributed by atoms with Gasteiger partial charge in [-0.1, -0.05) is 6.92 Å². The van der Waals surface area contributed by atoms with Gasteiger partial charge in [0, 0.05) is 26.2 Å². The van der Waals surface area contributed by atoms with E-state index in [0.717, 1.165) is 57.1 Å². The molecule has 0 amide bonds. The van der Waals surface area contributed by atoms with Gasteiger partial charge in [-0.3, -0.25) is 0 Å². The van der Waals surface area contributed by atoms with Crippen molar-refractivity contribution in [3.05, 3.63) is 6.20 Å². The number of nitrogens with zero attached hydrogens (tertiary/aromatic N) is 5. The number of hydrogen-bond acceptors (Lipinski definition) is 6. The third-order valence-electron chi connectivity index (χ3n) is 3.94. The standard InChI is InChI=1S/C13H21N5O/c1-11-2-4-17(5-3-11)12-10-14-16-13(15-12)18-6-8-19-9-7-18/h10-11H,2-9H2,1H3. The van der Waals surface area contributed by atoms with Crippen molar-refractivity contribution < 1.29 is 4.74 Å². The smallest absolute Gasteiger partial charge is 0.247 e. The summed E-state index contributed by atoms with van der Waals surface area (Å²) in [5.74, 6) is 2.52. The third-order valence-corrected chi connectivity index (χ3v) is 3.94. The van der Waals surface area contributed by atoms with Crippen LogP contribution in [0.15, 0.2) is 6.20 Å². The molecule has 2 aliphatic heterocycles. The maximum atomic E-state index is 5.35. The van der Waals surface area contributed by atoms with Crippen LogP contribution in [-0.4, -0.2) is 54.6 Å². The molecule has 2 fully saturated rings. The molecule has 0 N–H and O–H groups in total. The summed E-state index contributed by atoms with van der Waals surface area (Å²) in [6, 6.07) is 0. The second-order valence-corrected chi connectivity index (χ2v) is 5.38. The lowest BCUT2D eigenvalue weighted by atomic mass is 9.99. The molecule has 0 bridgehead atoms. The topological polar surface area (TPSA) is 54.4 Å². The highest BCUT2D eigenvalue weighted by atomic mass is 16.5. The third kappa shape index (κ3) is 2.94. The van der Waals surface area contributed by atoms with Crippen LogP contribution in [0.4, 0.5) is 11.8 Å². The van der Waals surface area contributed by atoms with Gasteiger partial charge >= 0.3 is 0 Å². The van der Waals surface area contributed by atoms with E-state index in [2.05, 4.69) is 31.9 Å². The largest absolute Gasteiger partial charge is 0.378 e. The molecule has 0 radical (unpaired) electrons. The van der Waals surface area contributed by atoms with Gasteiger partial charge in [0.1, 0.15) is 0 Å². The number of morpholine rings is 1. The first kappa shape index (κ1) is 12.6. The quantitative estimate of drug-likeness (QED) is 0.791. The van der Waals surface area contributed by atoms with Crippen LogP contribution in [0.2, 0.25) is 0 Å². The van der Waals surface area contributed by atoms with Crippen LogP contribution in [0.25, 0.3) is 0 Å². The van der Waals surface area contributed by atoms with Gasteiger partial charge in [-0.05, 0) is 18.8 Å². The summed E-state index contributed by atoms with van der Waals surface area (Å²) in [6.07, 6.45) is 4.24. The molecular formula is C13H21N5O. The molecule has 6 heteroatoms. The Morgan fingerprint density at radius 2 is 1.84 bits per heavy atom. The molecule has 19 heavy (non-hydrogen) atoms. The molecule has 1 aromatic rings. The number of rotatable bonds is 2. The van der Waals surface area contributed by atoms with Crippen molar-refractivity contribution in [3.8, 4) is 0 Å². The zero-order chi connectivity index (χ0) is 13.1. The average Bonchev–Trinajstić information content (AvgIpc) is 2.49. The number of piperidine rings is 1. The van der Waals surface area contributed by atoms with Gasteiger partial charge in [-0.15, -0.1) is 5.10 Å². The van der Waals surface area contributed by atoms with E-state index in [0.29, 0.717) is 0 Å². The second-order valence-electron chi connectivity index (χ2n) is 5.38. The molecule has 0 aromatic carbocycles. The van der Waals surface area contributed by atoms with E-state index >= 15 is 0 Å². The summed E-state index contributed by atoms with van der Waals surface area (Å²) in [5.41, 5.74) is 0. The van der Waals surface area contributed by atoms with Crippen LogP contribution in [-0.2, 0) is 4.74 Å². The highest BCUT2D eigenvalue weighted by Gasteiger charge is 2.20. The first-order chi connectivity index (χ1) is 9.33. The number of hydrogen-bond donors (Lipinski definition) is 0. The zero-order valence-electron chi connectivity index (χ0n) is 11.5. The summed E-state index contributed by atoms with van der Waals surface area (Å²) in [6.45, 7) is 7.65. The van der Waals surface area contributed by atoms with Crippen LogP contribution in [0.1, 0.15) is 19.8 Å². The van der Waals surface area contributed by atoms with Crippen molar-refractivity contribution >= 4 is 11.8 Å². The SMILES string of the molecule is CC1CCN(c2cnnc(N3CCOCC3)n2)CC1. The molecule has 2 saturated heterocycles. The number of anilines is 2. The van der Waals surface area contributed by atoms with Crippen LogP contribution in [0.5, 0.6) is 0 Å². The van der Waals surface area contributed by atoms with E-state index in [1.807, 2.05) is 0 Å². The van der Waals surface area contributed by atoms with Gasteiger partial charge in [0.05, 0.1) is 19.4 Å². The molecule has 104 valence electrons. The second kappa shape index (κ2) is 5.69. The van der Waals surface area contributed by atoms with E-state index in [-0.39, 0.29) is 0 Å². The molecule has 0 spiro atoms. The lowest BCUT2D eigenvalue weighted by molar-refractivity contribution is 0.122. The van der Waals surface area contributed by atoms with Gasteiger partial charge in [0.25, 0.3) is 0 Å². The summed E-state index contributed by atoms with van der Waals surface area (Å²) < 4.78 is 5.35. The summed E-state index contributed by atoms with van der Waals surface area (Å²) in [5, 5.41) is 8.27. The summed E-state index contributed by atoms with van der Waals surface area (Å²) in [4.78, 5) is 9.13. The molecule has 0 aliphatic carbocycles. The minimum Gasteiger partial charge on any atom is -0.378 e. The Bertz CT molecular complexity index is 413. The minimum absolute atomic E-state index is 0.736. The first-order valence-electron chi connectivity index (χ1n) is 7.10. The van der Waals surface area contributed by atoms with Gasteiger partial charge < -0.3 is 14.5 Å². The fourth-order valence-electron chi connectivity index (χ4n) is 2.57. The normalized spacial score (nSPS) is 21.7. The predicted molar refractivity (Wildman–Crippen MR) is 73.5 cm³/mol. The molecule has 2 aliphatic rings. The Kier molecular flexibility index (Phi) is 3.77. The van der Waals surface area contributed by atoms with E-state index in [1.165, 1.54) is 12.8 Å². The molecule has 3 rings (SSSR count). The highest BCUT2D eigenvalue weighted by Crippen LogP contribution is 2.21. The van der Waals surface area contributed by atoms with Crippen molar-refractivity contribution in [2.45, 2.75) is 19.8 Å². The Hall–Kier alpha value is -1.43. The maximum Gasteiger partial charge on any atom is 0.247 e. The average molecular weight is 263 g/mol. The monoisotopic (exact) mass is 263 g/mol. The van der Waals surface area contributed by atoms with Gasteiger partial charge in [0.2, 0.25) is 5.95 Å². The molecule has 1 aromatic heterocycles. The van der Waals surface area contributed by atoms with E-state index in [4.69, 9.17) is 4.74 Å². The fraction of sp³-hybridized carbons (Fsp3) is 0.769. The summed E-state index contributed by atoms with van der Waals surface area (Å²) >= 11 is 0.